The highest BCUT2D eigenvalue weighted by Crippen LogP contribution is 2.52. The number of anilines is 1. The smallest absolute Gasteiger partial charge is 0.196 e. The Morgan fingerprint density at radius 2 is 1.78 bits per heavy atom. The van der Waals surface area contributed by atoms with Crippen LogP contribution in [0.5, 0.6) is 0 Å². The molecule has 0 radical (unpaired) electrons. The van der Waals surface area contributed by atoms with Crippen LogP contribution in [0.1, 0.15) is 45.8 Å². The van der Waals surface area contributed by atoms with Gasteiger partial charge in [0.25, 0.3) is 0 Å². The van der Waals surface area contributed by atoms with Crippen molar-refractivity contribution in [3.8, 4) is 22.5 Å². The van der Waals surface area contributed by atoms with Crippen LogP contribution in [-0.2, 0) is 5.41 Å². The normalized spacial score (nSPS) is 17.4. The van der Waals surface area contributed by atoms with Crippen molar-refractivity contribution in [2.75, 3.05) is 31.5 Å². The molecule has 8 heteroatoms. The van der Waals surface area contributed by atoms with Gasteiger partial charge in [-0.1, -0.05) is 61.5 Å². The van der Waals surface area contributed by atoms with Crippen molar-refractivity contribution in [1.82, 2.24) is 24.4 Å². The molecule has 0 unspecified atom stereocenters. The second-order valence-electron chi connectivity index (χ2n) is 11.8. The molecule has 1 aliphatic heterocycles. The number of benzene rings is 1. The Balaban J connectivity index is 1.05. The van der Waals surface area contributed by atoms with Crippen molar-refractivity contribution in [2.24, 2.45) is 5.41 Å². The van der Waals surface area contributed by atoms with E-state index in [9.17, 15) is 0 Å². The molecule has 1 spiro atoms. The minimum Gasteiger partial charge on any atom is -0.369 e. The van der Waals surface area contributed by atoms with Gasteiger partial charge in [0.15, 0.2) is 4.96 Å². The van der Waals surface area contributed by atoms with Crippen LogP contribution in [0.2, 0.25) is 0 Å². The molecule has 0 atom stereocenters. The predicted octanol–water partition coefficient (Wildman–Crippen LogP) is 6.46. The lowest BCUT2D eigenvalue weighted by Crippen LogP contribution is -2.27. The third-order valence-corrected chi connectivity index (χ3v) is 8.86. The summed E-state index contributed by atoms with van der Waals surface area (Å²) in [6.45, 7) is 10.9. The summed E-state index contributed by atoms with van der Waals surface area (Å²) in [5, 5.41) is 7.79. The van der Waals surface area contributed by atoms with E-state index in [4.69, 9.17) is 14.5 Å². The molecule has 1 saturated heterocycles. The maximum Gasteiger partial charge on any atom is 0.196 e. The predicted molar refractivity (Wildman–Crippen MR) is 149 cm³/mol. The number of rotatable bonds is 6. The molecule has 2 aliphatic rings. The molecule has 5 heterocycles. The summed E-state index contributed by atoms with van der Waals surface area (Å²) >= 11 is 1.63. The van der Waals surface area contributed by atoms with Gasteiger partial charge in [-0.3, -0.25) is 4.40 Å². The van der Waals surface area contributed by atoms with Gasteiger partial charge in [0, 0.05) is 48.4 Å². The van der Waals surface area contributed by atoms with Crippen molar-refractivity contribution in [1.29, 1.82) is 0 Å². The van der Waals surface area contributed by atoms with Crippen LogP contribution in [0.15, 0.2) is 53.2 Å². The van der Waals surface area contributed by atoms with Crippen molar-refractivity contribution < 1.29 is 4.52 Å². The van der Waals surface area contributed by atoms with Gasteiger partial charge in [-0.05, 0) is 43.4 Å². The third-order valence-electron chi connectivity index (χ3n) is 7.90. The van der Waals surface area contributed by atoms with Crippen LogP contribution < -0.4 is 5.32 Å². The van der Waals surface area contributed by atoms with Crippen molar-refractivity contribution in [2.45, 2.75) is 45.4 Å². The van der Waals surface area contributed by atoms with E-state index in [0.717, 1.165) is 62.5 Å². The highest BCUT2D eigenvalue weighted by Gasteiger charge is 2.47. The summed E-state index contributed by atoms with van der Waals surface area (Å²) in [5.41, 5.74) is 5.65. The Morgan fingerprint density at radius 3 is 2.49 bits per heavy atom. The molecule has 1 saturated carbocycles. The molecule has 1 aliphatic carbocycles. The lowest BCUT2D eigenvalue weighted by Gasteiger charge is -2.16. The van der Waals surface area contributed by atoms with E-state index < -0.39 is 0 Å². The van der Waals surface area contributed by atoms with E-state index in [0.29, 0.717) is 5.41 Å². The fourth-order valence-electron chi connectivity index (χ4n) is 5.35. The Kier molecular flexibility index (Phi) is 5.20. The van der Waals surface area contributed by atoms with Gasteiger partial charge in [-0.25, -0.2) is 9.97 Å². The number of fused-ring (bicyclic) bond motifs is 3. The average Bonchev–Trinajstić information content (AvgIpc) is 3.30. The molecule has 37 heavy (non-hydrogen) atoms. The second-order valence-corrected chi connectivity index (χ2v) is 12.7. The van der Waals surface area contributed by atoms with E-state index in [1.165, 1.54) is 32.4 Å². The third kappa shape index (κ3) is 4.32. The van der Waals surface area contributed by atoms with Crippen LogP contribution in [0, 0.1) is 5.41 Å². The van der Waals surface area contributed by atoms with Gasteiger partial charge in [0.2, 0.25) is 0 Å². The van der Waals surface area contributed by atoms with Gasteiger partial charge in [0.1, 0.15) is 22.1 Å². The maximum absolute atomic E-state index is 5.55. The number of thiazole rings is 1. The first-order chi connectivity index (χ1) is 17.9. The molecule has 7 rings (SSSR count). The Labute approximate surface area is 220 Å². The van der Waals surface area contributed by atoms with Gasteiger partial charge >= 0.3 is 0 Å². The van der Waals surface area contributed by atoms with E-state index in [1.54, 1.807) is 11.3 Å². The first kappa shape index (κ1) is 22.9. The number of imidazole rings is 1. The van der Waals surface area contributed by atoms with Gasteiger partial charge in [0.05, 0.1) is 11.2 Å². The minimum atomic E-state index is -0.0606. The molecular weight excluding hydrogens is 480 g/mol. The number of nitrogens with one attached hydrogen (secondary N) is 1. The zero-order chi connectivity index (χ0) is 25.2. The summed E-state index contributed by atoms with van der Waals surface area (Å²) in [6.07, 6.45) is 6.36. The van der Waals surface area contributed by atoms with Crippen LogP contribution in [-0.4, -0.2) is 50.6 Å². The molecule has 1 N–H and O–H groups in total. The maximum atomic E-state index is 5.55. The van der Waals surface area contributed by atoms with E-state index >= 15 is 0 Å². The van der Waals surface area contributed by atoms with Gasteiger partial charge < -0.3 is 14.7 Å². The summed E-state index contributed by atoms with van der Waals surface area (Å²) in [6, 6.07) is 14.6. The molecule has 5 aromatic rings. The molecule has 2 fully saturated rings. The zero-order valence-electron chi connectivity index (χ0n) is 21.6. The van der Waals surface area contributed by atoms with Crippen LogP contribution >= 0.6 is 11.3 Å². The molecule has 190 valence electrons. The highest BCUT2D eigenvalue weighted by molar-refractivity contribution is 7.23. The Bertz CT molecular complexity index is 1580. The molecular formula is C29H32N6OS. The minimum absolute atomic E-state index is 0.0606. The average molecular weight is 513 g/mol. The number of aromatic nitrogens is 4. The summed E-state index contributed by atoms with van der Waals surface area (Å²) in [5.74, 6) is 1.83. The number of hydrogen-bond acceptors (Lipinski definition) is 7. The molecule has 0 bridgehead atoms. The van der Waals surface area contributed by atoms with Crippen LogP contribution in [0.25, 0.3) is 37.8 Å². The monoisotopic (exact) mass is 512 g/mol. The van der Waals surface area contributed by atoms with Crippen molar-refractivity contribution in [3.63, 3.8) is 0 Å². The highest BCUT2D eigenvalue weighted by atomic mass is 32.1. The Morgan fingerprint density at radius 1 is 1.00 bits per heavy atom. The van der Waals surface area contributed by atoms with Gasteiger partial charge in [-0.15, -0.1) is 0 Å². The van der Waals surface area contributed by atoms with Crippen LogP contribution in [0.3, 0.4) is 0 Å². The number of hydrogen-bond donors (Lipinski definition) is 1. The van der Waals surface area contributed by atoms with Crippen molar-refractivity contribution in [3.05, 3.63) is 54.4 Å². The first-order valence-corrected chi connectivity index (χ1v) is 14.0. The summed E-state index contributed by atoms with van der Waals surface area (Å²) < 4.78 is 7.70. The van der Waals surface area contributed by atoms with Crippen LogP contribution in [0.4, 0.5) is 5.82 Å². The fourth-order valence-corrected chi connectivity index (χ4v) is 6.33. The standard InChI is InChI=1S/C29H32N6OS/c1-28(2,3)24-16-21(33-36-24)19-4-6-20(7-5-19)22-17-35-23-8-9-25(32-26(23)37-27(35)31-22)30-13-15-34-14-12-29(18-34)10-11-29/h4-9,16-17H,10-15,18H2,1-3H3,(H,30,32). The number of likely N-dealkylation sites (tertiary alicyclic amines) is 1. The second kappa shape index (κ2) is 8.39. The largest absolute Gasteiger partial charge is 0.369 e. The lowest BCUT2D eigenvalue weighted by molar-refractivity contribution is 0.330. The van der Waals surface area contributed by atoms with E-state index in [2.05, 4.69) is 83.1 Å². The lowest BCUT2D eigenvalue weighted by atomic mass is 9.93. The zero-order valence-corrected chi connectivity index (χ0v) is 22.4. The molecule has 0 amide bonds. The van der Waals surface area contributed by atoms with E-state index in [-0.39, 0.29) is 5.41 Å². The Hall–Kier alpha value is -3.23. The molecule has 1 aromatic carbocycles. The molecule has 4 aromatic heterocycles. The molecule has 7 nitrogen and oxygen atoms in total. The SMILES string of the molecule is CC(C)(C)c1cc(-c2ccc(-c3cn4c(n3)sc3nc(NCCN5CCC6(CC6)C5)ccc34)cc2)no1. The quantitative estimate of drug-likeness (QED) is 0.281. The first-order valence-electron chi connectivity index (χ1n) is 13.2. The summed E-state index contributed by atoms with van der Waals surface area (Å²) in [7, 11) is 0. The number of pyridine rings is 1. The topological polar surface area (TPSA) is 71.5 Å². The van der Waals surface area contributed by atoms with E-state index in [1.807, 2.05) is 6.07 Å². The summed E-state index contributed by atoms with van der Waals surface area (Å²) in [4.78, 5) is 14.3. The van der Waals surface area contributed by atoms with Crippen molar-refractivity contribution >= 4 is 32.5 Å². The van der Waals surface area contributed by atoms with Gasteiger partial charge in [-0.2, -0.15) is 0 Å². The fraction of sp³-hybridized carbons (Fsp3) is 0.414. The number of nitrogens with zero attached hydrogens (tertiary/aromatic N) is 5.